The van der Waals surface area contributed by atoms with E-state index in [4.69, 9.17) is 4.74 Å². The third-order valence-corrected chi connectivity index (χ3v) is 4.45. The quantitative estimate of drug-likeness (QED) is 0.929. The summed E-state index contributed by atoms with van der Waals surface area (Å²) in [4.78, 5) is 14.5. The molecule has 1 fully saturated rings. The zero-order valence-corrected chi connectivity index (χ0v) is 12.7. The molecular formula is C17H24N2O2. The minimum Gasteiger partial charge on any atom is -0.487 e. The van der Waals surface area contributed by atoms with Crippen molar-refractivity contribution in [2.75, 3.05) is 24.5 Å². The molecule has 0 aromatic heterocycles. The second-order valence-electron chi connectivity index (χ2n) is 6.13. The summed E-state index contributed by atoms with van der Waals surface area (Å²) < 4.78 is 5.80. The second kappa shape index (κ2) is 6.48. The van der Waals surface area contributed by atoms with Gasteiger partial charge in [-0.25, -0.2) is 0 Å². The van der Waals surface area contributed by atoms with Crippen molar-refractivity contribution in [1.29, 1.82) is 0 Å². The monoisotopic (exact) mass is 288 g/mol. The van der Waals surface area contributed by atoms with Gasteiger partial charge in [-0.3, -0.25) is 4.79 Å². The molecule has 2 aliphatic rings. The maximum absolute atomic E-state index is 12.6. The summed E-state index contributed by atoms with van der Waals surface area (Å²) in [6.07, 6.45) is 4.11. The fraction of sp³-hybridized carbons (Fsp3) is 0.588. The first-order chi connectivity index (χ1) is 10.2. The van der Waals surface area contributed by atoms with Crippen LogP contribution in [0.5, 0.6) is 5.75 Å². The number of piperidine rings is 1. The molecule has 1 N–H and O–H groups in total. The van der Waals surface area contributed by atoms with E-state index in [2.05, 4.69) is 5.32 Å². The number of carbonyl (C=O) groups is 1. The summed E-state index contributed by atoms with van der Waals surface area (Å²) in [5, 5.41) is 3.37. The number of rotatable bonds is 3. The lowest BCUT2D eigenvalue weighted by Crippen LogP contribution is -2.42. The molecule has 1 unspecified atom stereocenters. The summed E-state index contributed by atoms with van der Waals surface area (Å²) >= 11 is 0. The number of hydrogen-bond acceptors (Lipinski definition) is 3. The summed E-state index contributed by atoms with van der Waals surface area (Å²) in [5.41, 5.74) is 0.922. The van der Waals surface area contributed by atoms with Crippen LogP contribution in [0.1, 0.15) is 32.6 Å². The smallest absolute Gasteiger partial charge is 0.227 e. The normalized spacial score (nSPS) is 22.5. The fourth-order valence-electron chi connectivity index (χ4n) is 3.26. The van der Waals surface area contributed by atoms with Crippen molar-refractivity contribution >= 4 is 11.6 Å². The van der Waals surface area contributed by atoms with Crippen LogP contribution in [0.4, 0.5) is 5.69 Å². The van der Waals surface area contributed by atoms with Crippen molar-refractivity contribution in [2.24, 2.45) is 5.92 Å². The molecule has 0 spiro atoms. The number of fused-ring (bicyclic) bond motifs is 1. The first-order valence-electron chi connectivity index (χ1n) is 8.01. The van der Waals surface area contributed by atoms with Gasteiger partial charge in [0, 0.05) is 6.42 Å². The van der Waals surface area contributed by atoms with Crippen LogP contribution in [-0.2, 0) is 4.79 Å². The Morgan fingerprint density at radius 1 is 1.33 bits per heavy atom. The molecule has 1 atom stereocenters. The molecule has 3 rings (SSSR count). The topological polar surface area (TPSA) is 41.6 Å². The van der Waals surface area contributed by atoms with Crippen LogP contribution in [0, 0.1) is 5.92 Å². The average molecular weight is 288 g/mol. The minimum absolute atomic E-state index is 0.0581. The third-order valence-electron chi connectivity index (χ3n) is 4.45. The van der Waals surface area contributed by atoms with Crippen LogP contribution in [0.3, 0.4) is 0 Å². The number of benzene rings is 1. The van der Waals surface area contributed by atoms with E-state index in [-0.39, 0.29) is 12.0 Å². The molecule has 2 aliphatic heterocycles. The molecular weight excluding hydrogens is 264 g/mol. The maximum atomic E-state index is 12.6. The lowest BCUT2D eigenvalue weighted by Gasteiger charge is -2.34. The van der Waals surface area contributed by atoms with Crippen molar-refractivity contribution in [2.45, 2.75) is 38.7 Å². The number of amides is 1. The van der Waals surface area contributed by atoms with Crippen molar-refractivity contribution in [3.8, 4) is 5.75 Å². The summed E-state index contributed by atoms with van der Waals surface area (Å²) in [7, 11) is 0. The largest absolute Gasteiger partial charge is 0.487 e. The molecule has 4 heteroatoms. The molecule has 0 aliphatic carbocycles. The Morgan fingerprint density at radius 3 is 2.90 bits per heavy atom. The highest BCUT2D eigenvalue weighted by Crippen LogP contribution is 2.33. The van der Waals surface area contributed by atoms with Crippen LogP contribution >= 0.6 is 0 Å². The Morgan fingerprint density at radius 2 is 2.10 bits per heavy atom. The zero-order chi connectivity index (χ0) is 14.7. The minimum atomic E-state index is 0.0581. The van der Waals surface area contributed by atoms with Crippen LogP contribution in [-0.4, -0.2) is 31.6 Å². The molecule has 2 heterocycles. The Balaban J connectivity index is 1.64. The number of ether oxygens (including phenoxy) is 1. The molecule has 0 saturated carbocycles. The summed E-state index contributed by atoms with van der Waals surface area (Å²) in [5.74, 6) is 1.76. The predicted octanol–water partition coefficient (Wildman–Crippen LogP) is 2.58. The molecule has 114 valence electrons. The van der Waals surface area contributed by atoms with Gasteiger partial charge in [-0.1, -0.05) is 12.1 Å². The van der Waals surface area contributed by atoms with Gasteiger partial charge < -0.3 is 15.0 Å². The predicted molar refractivity (Wildman–Crippen MR) is 83.7 cm³/mol. The summed E-state index contributed by atoms with van der Waals surface area (Å²) in [6, 6.07) is 7.83. The van der Waals surface area contributed by atoms with Gasteiger partial charge in [0.2, 0.25) is 5.91 Å². The van der Waals surface area contributed by atoms with E-state index in [1.165, 1.54) is 12.8 Å². The number of carbonyl (C=O) groups excluding carboxylic acids is 1. The van der Waals surface area contributed by atoms with Crippen molar-refractivity contribution in [3.63, 3.8) is 0 Å². The van der Waals surface area contributed by atoms with E-state index in [1.54, 1.807) is 0 Å². The van der Waals surface area contributed by atoms with Gasteiger partial charge in [0.15, 0.2) is 0 Å². The molecule has 4 nitrogen and oxygen atoms in total. The van der Waals surface area contributed by atoms with E-state index in [1.807, 2.05) is 36.1 Å². The molecule has 21 heavy (non-hydrogen) atoms. The zero-order valence-electron chi connectivity index (χ0n) is 12.7. The highest BCUT2D eigenvalue weighted by molar-refractivity contribution is 5.95. The molecule has 1 aromatic carbocycles. The lowest BCUT2D eigenvalue weighted by atomic mass is 9.93. The van der Waals surface area contributed by atoms with E-state index < -0.39 is 0 Å². The molecule has 0 radical (unpaired) electrons. The molecule has 1 aromatic rings. The van der Waals surface area contributed by atoms with E-state index >= 15 is 0 Å². The molecule has 1 amide bonds. The van der Waals surface area contributed by atoms with Crippen LogP contribution in [0.15, 0.2) is 24.3 Å². The second-order valence-corrected chi connectivity index (χ2v) is 6.13. The van der Waals surface area contributed by atoms with Crippen LogP contribution in [0.2, 0.25) is 0 Å². The number of nitrogens with one attached hydrogen (secondary N) is 1. The molecule has 0 bridgehead atoms. The number of para-hydroxylation sites is 2. The Hall–Kier alpha value is -1.55. The van der Waals surface area contributed by atoms with Gasteiger partial charge in [0.1, 0.15) is 11.9 Å². The van der Waals surface area contributed by atoms with Gasteiger partial charge in [0.05, 0.1) is 12.2 Å². The van der Waals surface area contributed by atoms with Crippen LogP contribution in [0.25, 0.3) is 0 Å². The Labute approximate surface area is 126 Å². The van der Waals surface area contributed by atoms with Gasteiger partial charge in [0.25, 0.3) is 0 Å². The van der Waals surface area contributed by atoms with E-state index in [9.17, 15) is 4.79 Å². The van der Waals surface area contributed by atoms with Crippen molar-refractivity contribution in [3.05, 3.63) is 24.3 Å². The summed E-state index contributed by atoms with van der Waals surface area (Å²) in [6.45, 7) is 4.86. The standard InChI is InChI=1S/C17H24N2O2/c1-13-12-19(15-4-2-3-5-16(15)21-13)17(20)7-6-14-8-10-18-11-9-14/h2-5,13-14,18H,6-12H2,1H3. The number of hydrogen-bond donors (Lipinski definition) is 1. The maximum Gasteiger partial charge on any atom is 0.227 e. The first-order valence-corrected chi connectivity index (χ1v) is 8.01. The highest BCUT2D eigenvalue weighted by Gasteiger charge is 2.27. The Kier molecular flexibility index (Phi) is 4.44. The van der Waals surface area contributed by atoms with Gasteiger partial charge in [-0.2, -0.15) is 0 Å². The average Bonchev–Trinajstić information content (AvgIpc) is 2.52. The third kappa shape index (κ3) is 3.38. The van der Waals surface area contributed by atoms with Gasteiger partial charge in [-0.05, 0) is 57.3 Å². The first kappa shape index (κ1) is 14.4. The van der Waals surface area contributed by atoms with E-state index in [0.29, 0.717) is 18.9 Å². The fourth-order valence-corrected chi connectivity index (χ4v) is 3.26. The van der Waals surface area contributed by atoms with Gasteiger partial charge >= 0.3 is 0 Å². The number of nitrogens with zero attached hydrogens (tertiary/aromatic N) is 1. The van der Waals surface area contributed by atoms with Crippen LogP contribution < -0.4 is 15.0 Å². The highest BCUT2D eigenvalue weighted by atomic mass is 16.5. The molecule has 1 saturated heterocycles. The SMILES string of the molecule is CC1CN(C(=O)CCC2CCNCC2)c2ccccc2O1. The Bertz CT molecular complexity index is 497. The lowest BCUT2D eigenvalue weighted by molar-refractivity contribution is -0.119. The van der Waals surface area contributed by atoms with E-state index in [0.717, 1.165) is 30.9 Å². The van der Waals surface area contributed by atoms with Gasteiger partial charge in [-0.15, -0.1) is 0 Å². The van der Waals surface area contributed by atoms with Crippen molar-refractivity contribution < 1.29 is 9.53 Å². The van der Waals surface area contributed by atoms with Crippen molar-refractivity contribution in [1.82, 2.24) is 5.32 Å². The number of anilines is 1.